The summed E-state index contributed by atoms with van der Waals surface area (Å²) in [6.07, 6.45) is 7.85. The number of imidazole rings is 1. The molecule has 142 valence electrons. The Morgan fingerprint density at radius 3 is 2.65 bits per heavy atom. The second kappa shape index (κ2) is 7.69. The first-order chi connectivity index (χ1) is 12.7. The SMILES string of the molecule is CCC1(CC)COC(CCN2CCC(c3nc4ccccc4[nH]3)CC2)C1. The summed E-state index contributed by atoms with van der Waals surface area (Å²) in [5, 5.41) is 0. The van der Waals surface area contributed by atoms with Gasteiger partial charge >= 0.3 is 0 Å². The lowest BCUT2D eigenvalue weighted by molar-refractivity contribution is 0.0760. The normalized spacial score (nSPS) is 24.5. The van der Waals surface area contributed by atoms with Crippen LogP contribution in [0.1, 0.15) is 64.1 Å². The van der Waals surface area contributed by atoms with E-state index in [0.717, 1.165) is 12.1 Å². The van der Waals surface area contributed by atoms with Crippen LogP contribution in [-0.4, -0.2) is 47.2 Å². The van der Waals surface area contributed by atoms with Crippen molar-refractivity contribution >= 4 is 11.0 Å². The summed E-state index contributed by atoms with van der Waals surface area (Å²) in [5.74, 6) is 1.76. The van der Waals surface area contributed by atoms with E-state index in [9.17, 15) is 0 Å². The van der Waals surface area contributed by atoms with Crippen molar-refractivity contribution < 1.29 is 4.74 Å². The molecule has 2 saturated heterocycles. The van der Waals surface area contributed by atoms with Crippen LogP contribution in [0.2, 0.25) is 0 Å². The van der Waals surface area contributed by atoms with Crippen LogP contribution in [0.4, 0.5) is 0 Å². The van der Waals surface area contributed by atoms with Crippen molar-refractivity contribution in [3.63, 3.8) is 0 Å². The zero-order chi connectivity index (χ0) is 18.0. The highest BCUT2D eigenvalue weighted by Crippen LogP contribution is 2.40. The van der Waals surface area contributed by atoms with Crippen LogP contribution in [0.15, 0.2) is 24.3 Å². The number of fused-ring (bicyclic) bond motifs is 1. The number of ether oxygens (including phenoxy) is 1. The molecule has 2 fully saturated rings. The zero-order valence-electron chi connectivity index (χ0n) is 16.3. The van der Waals surface area contributed by atoms with E-state index in [-0.39, 0.29) is 0 Å². The van der Waals surface area contributed by atoms with Gasteiger partial charge in [-0.15, -0.1) is 0 Å². The van der Waals surface area contributed by atoms with Crippen molar-refractivity contribution in [2.75, 3.05) is 26.2 Å². The molecular weight excluding hydrogens is 322 g/mol. The van der Waals surface area contributed by atoms with Gasteiger partial charge < -0.3 is 14.6 Å². The highest BCUT2D eigenvalue weighted by molar-refractivity contribution is 5.74. The topological polar surface area (TPSA) is 41.1 Å². The predicted molar refractivity (Wildman–Crippen MR) is 106 cm³/mol. The van der Waals surface area contributed by atoms with Crippen molar-refractivity contribution in [2.24, 2.45) is 5.41 Å². The van der Waals surface area contributed by atoms with E-state index >= 15 is 0 Å². The molecule has 0 amide bonds. The Kier molecular flexibility index (Phi) is 5.32. The third-order valence-corrected chi connectivity index (χ3v) is 6.94. The third kappa shape index (κ3) is 3.67. The molecule has 0 aliphatic carbocycles. The molecule has 1 N–H and O–H groups in total. The van der Waals surface area contributed by atoms with E-state index in [2.05, 4.69) is 48.0 Å². The van der Waals surface area contributed by atoms with Gasteiger partial charge in [-0.05, 0) is 69.2 Å². The summed E-state index contributed by atoms with van der Waals surface area (Å²) in [5.41, 5.74) is 2.72. The summed E-state index contributed by atoms with van der Waals surface area (Å²) in [6, 6.07) is 8.35. The number of H-pyrrole nitrogens is 1. The van der Waals surface area contributed by atoms with Gasteiger partial charge in [0, 0.05) is 12.5 Å². The fraction of sp³-hybridized carbons (Fsp3) is 0.682. The third-order valence-electron chi connectivity index (χ3n) is 6.94. The highest BCUT2D eigenvalue weighted by atomic mass is 16.5. The van der Waals surface area contributed by atoms with E-state index in [1.54, 1.807) is 0 Å². The van der Waals surface area contributed by atoms with Gasteiger partial charge in [0.2, 0.25) is 0 Å². The number of nitrogens with zero attached hydrogens (tertiary/aromatic N) is 2. The molecule has 3 heterocycles. The van der Waals surface area contributed by atoms with Crippen LogP contribution in [0.25, 0.3) is 11.0 Å². The van der Waals surface area contributed by atoms with Crippen LogP contribution in [0, 0.1) is 5.41 Å². The first kappa shape index (κ1) is 18.0. The van der Waals surface area contributed by atoms with Gasteiger partial charge in [0.05, 0.1) is 23.7 Å². The largest absolute Gasteiger partial charge is 0.378 e. The lowest BCUT2D eigenvalue weighted by Gasteiger charge is -2.31. The first-order valence-electron chi connectivity index (χ1n) is 10.5. The number of para-hydroxylation sites is 2. The zero-order valence-corrected chi connectivity index (χ0v) is 16.3. The molecule has 1 unspecified atom stereocenters. The minimum Gasteiger partial charge on any atom is -0.378 e. The molecule has 1 aromatic heterocycles. The molecule has 1 atom stereocenters. The Morgan fingerprint density at radius 2 is 1.96 bits per heavy atom. The number of aromatic amines is 1. The molecule has 0 saturated carbocycles. The van der Waals surface area contributed by atoms with Crippen LogP contribution in [0.3, 0.4) is 0 Å². The number of piperidine rings is 1. The van der Waals surface area contributed by atoms with E-state index in [0.29, 0.717) is 17.4 Å². The Balaban J connectivity index is 1.25. The van der Waals surface area contributed by atoms with Crippen molar-refractivity contribution in [1.29, 1.82) is 0 Å². The van der Waals surface area contributed by atoms with Crippen molar-refractivity contribution in [2.45, 2.75) is 64.4 Å². The van der Waals surface area contributed by atoms with Crippen molar-refractivity contribution in [3.8, 4) is 0 Å². The van der Waals surface area contributed by atoms with Gasteiger partial charge in [-0.3, -0.25) is 0 Å². The van der Waals surface area contributed by atoms with Crippen LogP contribution >= 0.6 is 0 Å². The van der Waals surface area contributed by atoms with Gasteiger partial charge in [0.1, 0.15) is 5.82 Å². The summed E-state index contributed by atoms with van der Waals surface area (Å²) in [7, 11) is 0. The second-order valence-electron chi connectivity index (χ2n) is 8.39. The summed E-state index contributed by atoms with van der Waals surface area (Å²) in [6.45, 7) is 9.15. The molecule has 1 aromatic carbocycles. The summed E-state index contributed by atoms with van der Waals surface area (Å²) in [4.78, 5) is 11.0. The lowest BCUT2D eigenvalue weighted by atomic mass is 9.80. The van der Waals surface area contributed by atoms with Gasteiger partial charge in [0.25, 0.3) is 0 Å². The van der Waals surface area contributed by atoms with Crippen LogP contribution < -0.4 is 0 Å². The van der Waals surface area contributed by atoms with Crippen LogP contribution in [0.5, 0.6) is 0 Å². The summed E-state index contributed by atoms with van der Waals surface area (Å²) < 4.78 is 6.12. The maximum absolute atomic E-state index is 6.12. The number of hydrogen-bond donors (Lipinski definition) is 1. The molecule has 26 heavy (non-hydrogen) atoms. The number of rotatable bonds is 6. The molecular formula is C22H33N3O. The predicted octanol–water partition coefficient (Wildman–Crippen LogP) is 4.73. The van der Waals surface area contributed by atoms with Gasteiger partial charge in [-0.2, -0.15) is 0 Å². The number of nitrogens with one attached hydrogen (secondary N) is 1. The Bertz CT molecular complexity index is 680. The fourth-order valence-electron chi connectivity index (χ4n) is 4.75. The van der Waals surface area contributed by atoms with E-state index in [4.69, 9.17) is 9.72 Å². The Morgan fingerprint density at radius 1 is 1.19 bits per heavy atom. The number of likely N-dealkylation sites (tertiary alicyclic amines) is 1. The maximum atomic E-state index is 6.12. The standard InChI is InChI=1S/C22H33N3O/c1-3-22(4-2)15-18(26-16-22)11-14-25-12-9-17(10-13-25)21-23-19-7-5-6-8-20(19)24-21/h5-8,17-18H,3-4,9-16H2,1-2H3,(H,23,24). The highest BCUT2D eigenvalue weighted by Gasteiger charge is 2.37. The first-order valence-corrected chi connectivity index (χ1v) is 10.5. The number of hydrogen-bond acceptors (Lipinski definition) is 3. The minimum atomic E-state index is 0.457. The molecule has 4 rings (SSSR count). The number of aromatic nitrogens is 2. The maximum Gasteiger partial charge on any atom is 0.110 e. The monoisotopic (exact) mass is 355 g/mol. The van der Waals surface area contributed by atoms with E-state index < -0.39 is 0 Å². The molecule has 0 bridgehead atoms. The Labute approximate surface area is 157 Å². The van der Waals surface area contributed by atoms with Crippen molar-refractivity contribution in [3.05, 3.63) is 30.1 Å². The molecule has 0 spiro atoms. The van der Waals surface area contributed by atoms with Gasteiger partial charge in [-0.1, -0.05) is 26.0 Å². The van der Waals surface area contributed by atoms with Crippen molar-refractivity contribution in [1.82, 2.24) is 14.9 Å². The fourth-order valence-corrected chi connectivity index (χ4v) is 4.75. The Hall–Kier alpha value is -1.39. The summed E-state index contributed by atoms with van der Waals surface area (Å²) >= 11 is 0. The minimum absolute atomic E-state index is 0.457. The van der Waals surface area contributed by atoms with E-state index in [1.807, 2.05) is 0 Å². The molecule has 2 aliphatic rings. The van der Waals surface area contributed by atoms with E-state index in [1.165, 1.54) is 69.5 Å². The average molecular weight is 356 g/mol. The molecule has 0 radical (unpaired) electrons. The lowest BCUT2D eigenvalue weighted by Crippen LogP contribution is -2.35. The molecule has 4 heteroatoms. The molecule has 2 aliphatic heterocycles. The second-order valence-corrected chi connectivity index (χ2v) is 8.39. The smallest absolute Gasteiger partial charge is 0.110 e. The quantitative estimate of drug-likeness (QED) is 0.814. The number of benzene rings is 1. The van der Waals surface area contributed by atoms with Gasteiger partial charge in [0.15, 0.2) is 0 Å². The average Bonchev–Trinajstić information content (AvgIpc) is 3.31. The molecule has 4 nitrogen and oxygen atoms in total. The van der Waals surface area contributed by atoms with Crippen LogP contribution in [-0.2, 0) is 4.74 Å². The van der Waals surface area contributed by atoms with Gasteiger partial charge in [-0.25, -0.2) is 4.98 Å². The molecule has 2 aromatic rings.